The second kappa shape index (κ2) is 20.4. The first-order valence-electron chi connectivity index (χ1n) is 9.36. The highest BCUT2D eigenvalue weighted by Crippen LogP contribution is 2.02. The lowest BCUT2D eigenvalue weighted by atomic mass is 10.1. The number of rotatable bonds is 11. The van der Waals surface area contributed by atoms with Crippen molar-refractivity contribution in [2.45, 2.75) is 73.8 Å². The predicted molar refractivity (Wildman–Crippen MR) is 103 cm³/mol. The van der Waals surface area contributed by atoms with E-state index in [1.807, 2.05) is 48.5 Å². The van der Waals surface area contributed by atoms with E-state index < -0.39 is 12.0 Å². The third kappa shape index (κ3) is 20.3. The molecule has 7 nitrogen and oxygen atoms in total. The molecule has 0 spiro atoms. The topological polar surface area (TPSA) is 108 Å². The Morgan fingerprint density at radius 3 is 1.96 bits per heavy atom. The number of nitrogens with one attached hydrogen (secondary N) is 3. The van der Waals surface area contributed by atoms with Crippen molar-refractivity contribution >= 4 is 17.8 Å². The molecule has 1 atom stereocenters. The number of carbonyl (C=O) groups is 3. The summed E-state index contributed by atoms with van der Waals surface area (Å²) >= 11 is 0. The summed E-state index contributed by atoms with van der Waals surface area (Å²) in [5.74, 6) is -1.47. The van der Waals surface area contributed by atoms with Crippen LogP contribution in [0, 0.1) is 5.92 Å². The lowest BCUT2D eigenvalue weighted by molar-refractivity contribution is -0.142. The van der Waals surface area contributed by atoms with Crippen LogP contribution in [-0.2, 0) is 14.4 Å². The third-order valence-electron chi connectivity index (χ3n) is 2.76. The van der Waals surface area contributed by atoms with E-state index in [2.05, 4.69) is 16.0 Å². The van der Waals surface area contributed by atoms with E-state index >= 15 is 0 Å². The fourth-order valence-corrected chi connectivity index (χ4v) is 1.71. The summed E-state index contributed by atoms with van der Waals surface area (Å²) in [4.78, 5) is 34.2. The van der Waals surface area contributed by atoms with Crippen LogP contribution in [0.25, 0.3) is 0 Å². The first-order chi connectivity index (χ1) is 11.9. The molecule has 0 rings (SSSR count). The van der Waals surface area contributed by atoms with Gasteiger partial charge in [0.25, 0.3) is 0 Å². The normalized spacial score (nSPS) is 10.6. The van der Waals surface area contributed by atoms with Crippen LogP contribution in [-0.4, -0.2) is 48.6 Å². The van der Waals surface area contributed by atoms with E-state index in [0.717, 1.165) is 6.54 Å². The number of likely N-dealkylation sites (N-methyl/N-ethyl adjacent to an activating group) is 1. The molecule has 2 amide bonds. The third-order valence-corrected chi connectivity index (χ3v) is 2.76. The van der Waals surface area contributed by atoms with Crippen LogP contribution in [0.3, 0.4) is 0 Å². The van der Waals surface area contributed by atoms with E-state index in [9.17, 15) is 14.4 Å². The van der Waals surface area contributed by atoms with Crippen LogP contribution in [0.4, 0.5) is 0 Å². The second-order valence-corrected chi connectivity index (χ2v) is 5.30. The van der Waals surface area contributed by atoms with Gasteiger partial charge in [-0.2, -0.15) is 0 Å². The molecule has 0 saturated heterocycles. The zero-order chi connectivity index (χ0) is 20.3. The Labute approximate surface area is 153 Å². The maximum atomic E-state index is 11.6. The van der Waals surface area contributed by atoms with Crippen molar-refractivity contribution in [3.05, 3.63) is 0 Å². The number of carbonyl (C=O) groups excluding carboxylic acids is 2. The zero-order valence-electron chi connectivity index (χ0n) is 17.1. The quantitative estimate of drug-likeness (QED) is 0.422. The highest BCUT2D eigenvalue weighted by Gasteiger charge is 2.21. The molecule has 0 aliphatic rings. The van der Waals surface area contributed by atoms with Gasteiger partial charge in [-0.1, -0.05) is 48.5 Å². The maximum absolute atomic E-state index is 11.6. The molecule has 0 aliphatic carbocycles. The van der Waals surface area contributed by atoms with Crippen LogP contribution in [0.5, 0.6) is 0 Å². The summed E-state index contributed by atoms with van der Waals surface area (Å²) in [6.45, 7) is 15.7. The number of aliphatic carboxylic acids is 1. The molecule has 4 N–H and O–H groups in total. The Hall–Kier alpha value is -1.63. The van der Waals surface area contributed by atoms with Crippen molar-refractivity contribution in [2.75, 3.05) is 19.6 Å². The molecule has 25 heavy (non-hydrogen) atoms. The molecule has 0 unspecified atom stereocenters. The summed E-state index contributed by atoms with van der Waals surface area (Å²) in [6.07, 6.45) is 0.440. The van der Waals surface area contributed by atoms with Crippen LogP contribution >= 0.6 is 0 Å². The second-order valence-electron chi connectivity index (χ2n) is 5.30. The molecule has 0 aromatic heterocycles. The Kier molecular flexibility index (Phi) is 23.0. The van der Waals surface area contributed by atoms with Crippen LogP contribution in [0.1, 0.15) is 67.7 Å². The number of carboxylic acids is 1. The highest BCUT2D eigenvalue weighted by atomic mass is 16.4. The molecule has 150 valence electrons. The molecular weight excluding hydrogens is 322 g/mol. The largest absolute Gasteiger partial charge is 0.480 e. The molecule has 0 radical (unpaired) electrons. The Balaban J connectivity index is -0.00000112. The van der Waals surface area contributed by atoms with E-state index in [1.165, 1.54) is 0 Å². The molecule has 7 heteroatoms. The number of carboxylic acid groups (broad SMARTS) is 1. The van der Waals surface area contributed by atoms with Crippen molar-refractivity contribution in [3.63, 3.8) is 0 Å². The summed E-state index contributed by atoms with van der Waals surface area (Å²) in [5.41, 5.74) is 0. The van der Waals surface area contributed by atoms with Crippen molar-refractivity contribution in [3.8, 4) is 0 Å². The minimum absolute atomic E-state index is 0.0745. The zero-order valence-corrected chi connectivity index (χ0v) is 17.1. The molecule has 0 aliphatic heterocycles. The van der Waals surface area contributed by atoms with Crippen LogP contribution < -0.4 is 16.0 Å². The molecule has 0 aromatic rings. The van der Waals surface area contributed by atoms with Crippen molar-refractivity contribution < 1.29 is 19.5 Å². The molecule has 0 aromatic carbocycles. The Morgan fingerprint density at radius 2 is 1.52 bits per heavy atom. The first-order valence-corrected chi connectivity index (χ1v) is 9.36. The number of amides is 2. The highest BCUT2D eigenvalue weighted by molar-refractivity contribution is 5.84. The van der Waals surface area contributed by atoms with E-state index in [-0.39, 0.29) is 37.0 Å². The molecule has 0 fully saturated rings. The standard InChI is InChI=1S/C14H27N3O4.2C2H6/c1-4-15-7-8-16-12(18)6-5-11(14(20)21)17-13(19)9-10(2)3;2*1-2/h10-11,15H,4-9H2,1-3H3,(H,16,18)(H,17,19)(H,20,21);2*1-2H3/t11-;;/m0../s1. The Morgan fingerprint density at radius 1 is 0.960 bits per heavy atom. The lowest BCUT2D eigenvalue weighted by Crippen LogP contribution is -2.42. The Bertz CT molecular complexity index is 347. The smallest absolute Gasteiger partial charge is 0.326 e. The lowest BCUT2D eigenvalue weighted by Gasteiger charge is -2.15. The van der Waals surface area contributed by atoms with Gasteiger partial charge >= 0.3 is 5.97 Å². The van der Waals surface area contributed by atoms with Crippen LogP contribution in [0.2, 0.25) is 0 Å². The monoisotopic (exact) mass is 361 g/mol. The summed E-state index contributed by atoms with van der Waals surface area (Å²) < 4.78 is 0. The summed E-state index contributed by atoms with van der Waals surface area (Å²) in [6, 6.07) is -1.02. The predicted octanol–water partition coefficient (Wildman–Crippen LogP) is 2.16. The van der Waals surface area contributed by atoms with Crippen molar-refractivity contribution in [1.82, 2.24) is 16.0 Å². The van der Waals surface area contributed by atoms with Gasteiger partial charge in [0.1, 0.15) is 6.04 Å². The van der Waals surface area contributed by atoms with Crippen LogP contribution in [0.15, 0.2) is 0 Å². The van der Waals surface area contributed by atoms with Gasteiger partial charge in [-0.3, -0.25) is 9.59 Å². The van der Waals surface area contributed by atoms with Gasteiger partial charge in [0.2, 0.25) is 11.8 Å². The molecule has 0 heterocycles. The van der Waals surface area contributed by atoms with Gasteiger partial charge in [-0.25, -0.2) is 4.79 Å². The van der Waals surface area contributed by atoms with Gasteiger partial charge in [0.05, 0.1) is 0 Å². The van der Waals surface area contributed by atoms with Gasteiger partial charge in [-0.15, -0.1) is 0 Å². The summed E-state index contributed by atoms with van der Waals surface area (Å²) in [5, 5.41) is 17.3. The minimum atomic E-state index is -1.12. The molecular formula is C18H39N3O4. The van der Waals surface area contributed by atoms with Gasteiger partial charge in [0.15, 0.2) is 0 Å². The van der Waals surface area contributed by atoms with E-state index in [4.69, 9.17) is 5.11 Å². The summed E-state index contributed by atoms with van der Waals surface area (Å²) in [7, 11) is 0. The average Bonchev–Trinajstić information content (AvgIpc) is 2.58. The minimum Gasteiger partial charge on any atom is -0.480 e. The maximum Gasteiger partial charge on any atom is 0.326 e. The molecule has 0 bridgehead atoms. The van der Waals surface area contributed by atoms with Gasteiger partial charge < -0.3 is 21.1 Å². The van der Waals surface area contributed by atoms with Crippen molar-refractivity contribution in [1.29, 1.82) is 0 Å². The number of hydrogen-bond acceptors (Lipinski definition) is 4. The average molecular weight is 362 g/mol. The number of hydrogen-bond donors (Lipinski definition) is 4. The van der Waals surface area contributed by atoms with E-state index in [0.29, 0.717) is 13.1 Å². The van der Waals surface area contributed by atoms with E-state index in [1.54, 1.807) is 0 Å². The first kappa shape index (κ1) is 28.2. The molecule has 0 saturated carbocycles. The fourth-order valence-electron chi connectivity index (χ4n) is 1.71. The van der Waals surface area contributed by atoms with Gasteiger partial charge in [0, 0.05) is 25.9 Å². The van der Waals surface area contributed by atoms with Crippen molar-refractivity contribution in [2.24, 2.45) is 5.92 Å². The van der Waals surface area contributed by atoms with Gasteiger partial charge in [-0.05, 0) is 18.9 Å². The fraction of sp³-hybridized carbons (Fsp3) is 0.833. The SMILES string of the molecule is CC.CC.CCNCCNC(=O)CC[C@H](NC(=O)CC(C)C)C(=O)O.